The molecule has 0 aliphatic carbocycles. The molecule has 0 aliphatic rings. The van der Waals surface area contributed by atoms with Crippen LogP contribution >= 0.6 is 27.5 Å². The molecule has 1 aromatic carbocycles. The molecular formula is C13H13BrClFN2. The Morgan fingerprint density at radius 2 is 2.22 bits per heavy atom. The van der Waals surface area contributed by atoms with E-state index in [4.69, 9.17) is 11.6 Å². The zero-order chi connectivity index (χ0) is 13.1. The van der Waals surface area contributed by atoms with Gasteiger partial charge in [0.05, 0.1) is 17.3 Å². The molecule has 1 N–H and O–H groups in total. The van der Waals surface area contributed by atoms with Crippen LogP contribution in [0.3, 0.4) is 0 Å². The summed E-state index contributed by atoms with van der Waals surface area (Å²) in [5.74, 6) is -0.352. The highest BCUT2D eigenvalue weighted by molar-refractivity contribution is 9.10. The average Bonchev–Trinajstić information content (AvgIpc) is 2.75. The number of aryl methyl sites for hydroxylation is 1. The van der Waals surface area contributed by atoms with Crippen LogP contribution in [0.5, 0.6) is 0 Å². The summed E-state index contributed by atoms with van der Waals surface area (Å²) < 4.78 is 15.9. The quantitative estimate of drug-likeness (QED) is 0.861. The molecule has 0 bridgehead atoms. The molecular weight excluding hydrogens is 319 g/mol. The normalized spacial score (nSPS) is 10.7. The van der Waals surface area contributed by atoms with Gasteiger partial charge in [-0.15, -0.1) is 0 Å². The highest BCUT2D eigenvalue weighted by Crippen LogP contribution is 2.32. The maximum Gasteiger partial charge on any atom is 0.125 e. The van der Waals surface area contributed by atoms with Crippen LogP contribution < -0.4 is 5.32 Å². The fourth-order valence-corrected chi connectivity index (χ4v) is 2.77. The minimum atomic E-state index is -0.352. The number of nitrogens with zero attached hydrogens (tertiary/aromatic N) is 1. The summed E-state index contributed by atoms with van der Waals surface area (Å²) in [5, 5.41) is 3.59. The molecule has 18 heavy (non-hydrogen) atoms. The van der Waals surface area contributed by atoms with Gasteiger partial charge in [-0.1, -0.05) is 11.6 Å². The average molecular weight is 332 g/mol. The van der Waals surface area contributed by atoms with Crippen molar-refractivity contribution >= 4 is 33.2 Å². The van der Waals surface area contributed by atoms with Crippen LogP contribution in [0.15, 0.2) is 34.9 Å². The molecule has 0 radical (unpaired) electrons. The third kappa shape index (κ3) is 2.87. The van der Waals surface area contributed by atoms with E-state index in [0.29, 0.717) is 21.7 Å². The van der Waals surface area contributed by atoms with Crippen LogP contribution in [0, 0.1) is 5.82 Å². The lowest BCUT2D eigenvalue weighted by Gasteiger charge is -2.12. The number of benzene rings is 1. The Hall–Kier alpha value is -1.00. The molecule has 0 saturated carbocycles. The fraction of sp³-hybridized carbons (Fsp3) is 0.231. The first-order chi connectivity index (χ1) is 8.61. The summed E-state index contributed by atoms with van der Waals surface area (Å²) >= 11 is 9.31. The predicted octanol–water partition coefficient (Wildman–Crippen LogP) is 4.68. The van der Waals surface area contributed by atoms with Crippen LogP contribution in [-0.4, -0.2) is 4.57 Å². The van der Waals surface area contributed by atoms with Gasteiger partial charge in [0.15, 0.2) is 0 Å². The molecule has 0 atom stereocenters. The number of hydrogen-bond donors (Lipinski definition) is 1. The van der Waals surface area contributed by atoms with Crippen molar-refractivity contribution in [1.29, 1.82) is 0 Å². The monoisotopic (exact) mass is 330 g/mol. The Balaban J connectivity index is 2.16. The highest BCUT2D eigenvalue weighted by Gasteiger charge is 2.08. The lowest BCUT2D eigenvalue weighted by molar-refractivity contribution is 0.627. The van der Waals surface area contributed by atoms with E-state index in [1.165, 1.54) is 12.1 Å². The molecule has 0 aliphatic heterocycles. The van der Waals surface area contributed by atoms with Crippen molar-refractivity contribution in [2.45, 2.75) is 20.0 Å². The standard InChI is InChI=1S/C13H13BrClFN2/c1-2-18-5-3-4-10(18)8-17-13-11(14)6-9(16)7-12(13)15/h3-7,17H,2,8H2,1H3. The summed E-state index contributed by atoms with van der Waals surface area (Å²) in [6.45, 7) is 3.65. The smallest absolute Gasteiger partial charge is 0.125 e. The molecule has 96 valence electrons. The first kappa shape index (κ1) is 13.4. The van der Waals surface area contributed by atoms with Crippen LogP contribution in [0.1, 0.15) is 12.6 Å². The summed E-state index contributed by atoms with van der Waals surface area (Å²) in [7, 11) is 0. The largest absolute Gasteiger partial charge is 0.377 e. The lowest BCUT2D eigenvalue weighted by Crippen LogP contribution is -2.06. The molecule has 2 nitrogen and oxygen atoms in total. The van der Waals surface area contributed by atoms with Gasteiger partial charge in [-0.3, -0.25) is 0 Å². The van der Waals surface area contributed by atoms with Gasteiger partial charge in [0.1, 0.15) is 5.82 Å². The van der Waals surface area contributed by atoms with Gasteiger partial charge in [0.25, 0.3) is 0 Å². The number of aromatic nitrogens is 1. The molecule has 2 aromatic rings. The second-order valence-corrected chi connectivity index (χ2v) is 5.15. The van der Waals surface area contributed by atoms with Crippen molar-refractivity contribution < 1.29 is 4.39 Å². The second-order valence-electron chi connectivity index (χ2n) is 3.88. The fourth-order valence-electron chi connectivity index (χ4n) is 1.81. The van der Waals surface area contributed by atoms with Gasteiger partial charge in [-0.25, -0.2) is 4.39 Å². The minimum Gasteiger partial charge on any atom is -0.377 e. The second kappa shape index (κ2) is 5.76. The molecule has 1 aromatic heterocycles. The predicted molar refractivity (Wildman–Crippen MR) is 76.5 cm³/mol. The summed E-state index contributed by atoms with van der Waals surface area (Å²) in [5.41, 5.74) is 1.87. The topological polar surface area (TPSA) is 17.0 Å². The van der Waals surface area contributed by atoms with Gasteiger partial charge >= 0.3 is 0 Å². The van der Waals surface area contributed by atoms with Crippen molar-refractivity contribution in [3.8, 4) is 0 Å². The number of hydrogen-bond acceptors (Lipinski definition) is 1. The van der Waals surface area contributed by atoms with Crippen LogP contribution in [0.2, 0.25) is 5.02 Å². The first-order valence-electron chi connectivity index (χ1n) is 5.64. The van der Waals surface area contributed by atoms with Crippen LogP contribution in [0.4, 0.5) is 10.1 Å². The van der Waals surface area contributed by atoms with Gasteiger partial charge in [0, 0.05) is 22.9 Å². The lowest BCUT2D eigenvalue weighted by atomic mass is 10.3. The van der Waals surface area contributed by atoms with Gasteiger partial charge < -0.3 is 9.88 Å². The Bertz CT molecular complexity index is 531. The van der Waals surface area contributed by atoms with Crippen molar-refractivity contribution in [3.63, 3.8) is 0 Å². The first-order valence-corrected chi connectivity index (χ1v) is 6.81. The van der Waals surface area contributed by atoms with E-state index in [1.807, 2.05) is 18.3 Å². The molecule has 0 spiro atoms. The maximum absolute atomic E-state index is 13.1. The van der Waals surface area contributed by atoms with Crippen LogP contribution in [0.25, 0.3) is 0 Å². The van der Waals surface area contributed by atoms with Gasteiger partial charge in [-0.05, 0) is 47.1 Å². The Morgan fingerprint density at radius 3 is 2.89 bits per heavy atom. The maximum atomic E-state index is 13.1. The highest BCUT2D eigenvalue weighted by atomic mass is 79.9. The Labute approximate surface area is 119 Å². The summed E-state index contributed by atoms with van der Waals surface area (Å²) in [4.78, 5) is 0. The van der Waals surface area contributed by atoms with Crippen molar-refractivity contribution in [2.24, 2.45) is 0 Å². The van der Waals surface area contributed by atoms with E-state index in [1.54, 1.807) is 0 Å². The number of anilines is 1. The minimum absolute atomic E-state index is 0.352. The summed E-state index contributed by atoms with van der Waals surface area (Å²) in [6.07, 6.45) is 2.03. The van der Waals surface area contributed by atoms with E-state index in [2.05, 4.69) is 32.7 Å². The number of rotatable bonds is 4. The van der Waals surface area contributed by atoms with E-state index < -0.39 is 0 Å². The third-order valence-corrected chi connectivity index (χ3v) is 3.64. The molecule has 0 fully saturated rings. The Morgan fingerprint density at radius 1 is 1.44 bits per heavy atom. The molecule has 0 unspecified atom stereocenters. The zero-order valence-corrected chi connectivity index (χ0v) is 12.2. The zero-order valence-electron chi connectivity index (χ0n) is 9.88. The van der Waals surface area contributed by atoms with Gasteiger partial charge in [-0.2, -0.15) is 0 Å². The van der Waals surface area contributed by atoms with Crippen LogP contribution in [-0.2, 0) is 13.1 Å². The SMILES string of the molecule is CCn1cccc1CNc1c(Cl)cc(F)cc1Br. The van der Waals surface area contributed by atoms with Crippen molar-refractivity contribution in [2.75, 3.05) is 5.32 Å². The molecule has 0 amide bonds. The number of halogens is 3. The molecule has 0 saturated heterocycles. The molecule has 5 heteroatoms. The summed E-state index contributed by atoms with van der Waals surface area (Å²) in [6, 6.07) is 6.74. The number of nitrogens with one attached hydrogen (secondary N) is 1. The van der Waals surface area contributed by atoms with E-state index in [0.717, 1.165) is 12.2 Å². The van der Waals surface area contributed by atoms with Gasteiger partial charge in [0.2, 0.25) is 0 Å². The molecule has 1 heterocycles. The van der Waals surface area contributed by atoms with E-state index in [9.17, 15) is 4.39 Å². The van der Waals surface area contributed by atoms with E-state index in [-0.39, 0.29) is 5.82 Å². The third-order valence-electron chi connectivity index (χ3n) is 2.72. The Kier molecular flexibility index (Phi) is 4.30. The molecule has 2 rings (SSSR count). The van der Waals surface area contributed by atoms with E-state index >= 15 is 0 Å². The van der Waals surface area contributed by atoms with Crippen molar-refractivity contribution in [3.05, 3.63) is 51.5 Å². The van der Waals surface area contributed by atoms with Crippen molar-refractivity contribution in [1.82, 2.24) is 4.57 Å².